The van der Waals surface area contributed by atoms with Gasteiger partial charge in [0.15, 0.2) is 0 Å². The van der Waals surface area contributed by atoms with Crippen LogP contribution in [0.1, 0.15) is 18.4 Å². The lowest BCUT2D eigenvalue weighted by atomic mass is 10.2. The van der Waals surface area contributed by atoms with Crippen LogP contribution in [0.5, 0.6) is 5.75 Å². The van der Waals surface area contributed by atoms with E-state index in [9.17, 15) is 9.59 Å². The van der Waals surface area contributed by atoms with Crippen molar-refractivity contribution in [1.29, 1.82) is 0 Å². The van der Waals surface area contributed by atoms with Crippen molar-refractivity contribution in [3.8, 4) is 5.75 Å². The van der Waals surface area contributed by atoms with E-state index in [1.807, 2.05) is 30.3 Å². The molecule has 0 aliphatic rings. The molecule has 116 valence electrons. The molecule has 5 heteroatoms. The molecule has 0 aliphatic carbocycles. The summed E-state index contributed by atoms with van der Waals surface area (Å²) >= 11 is 0. The third-order valence-corrected chi connectivity index (χ3v) is 3.24. The first-order chi connectivity index (χ1) is 10.7. The lowest BCUT2D eigenvalue weighted by Crippen LogP contribution is -2.28. The monoisotopic (exact) mass is 300 g/mol. The van der Waals surface area contributed by atoms with Crippen LogP contribution in [0.4, 0.5) is 0 Å². The van der Waals surface area contributed by atoms with Crippen molar-refractivity contribution >= 4 is 5.91 Å². The number of nitrogens with one attached hydrogen (secondary N) is 1. The molecule has 1 heterocycles. The Hall–Kier alpha value is -2.56. The number of hydrogen-bond donors (Lipinski definition) is 1. The van der Waals surface area contributed by atoms with Crippen molar-refractivity contribution < 1.29 is 9.53 Å². The number of carbonyl (C=O) groups is 1. The van der Waals surface area contributed by atoms with Gasteiger partial charge in [0.25, 0.3) is 5.56 Å². The van der Waals surface area contributed by atoms with Gasteiger partial charge in [0, 0.05) is 31.8 Å². The molecule has 0 saturated heterocycles. The lowest BCUT2D eigenvalue weighted by molar-refractivity contribution is -0.121. The van der Waals surface area contributed by atoms with E-state index < -0.39 is 0 Å². The highest BCUT2D eigenvalue weighted by molar-refractivity contribution is 5.75. The maximum absolute atomic E-state index is 11.8. The Bertz CT molecular complexity index is 665. The number of aromatic nitrogens is 1. The summed E-state index contributed by atoms with van der Waals surface area (Å²) in [4.78, 5) is 23.5. The highest BCUT2D eigenvalue weighted by atomic mass is 16.5. The number of rotatable bonds is 7. The first-order valence-corrected chi connectivity index (χ1v) is 7.26. The number of ether oxygens (including phenoxy) is 1. The topological polar surface area (TPSA) is 60.3 Å². The lowest BCUT2D eigenvalue weighted by Gasteiger charge is -2.07. The minimum atomic E-state index is -0.0878. The van der Waals surface area contributed by atoms with E-state index in [4.69, 9.17) is 4.74 Å². The van der Waals surface area contributed by atoms with E-state index in [0.29, 0.717) is 25.0 Å². The van der Waals surface area contributed by atoms with Gasteiger partial charge in [0.1, 0.15) is 5.75 Å². The van der Waals surface area contributed by atoms with Crippen molar-refractivity contribution in [3.63, 3.8) is 0 Å². The zero-order valence-electron chi connectivity index (χ0n) is 12.6. The molecule has 0 bridgehead atoms. The molecule has 0 saturated carbocycles. The molecule has 2 aromatic rings. The van der Waals surface area contributed by atoms with Crippen LogP contribution in [0.15, 0.2) is 53.5 Å². The number of benzene rings is 1. The van der Waals surface area contributed by atoms with Gasteiger partial charge in [-0.3, -0.25) is 9.59 Å². The molecule has 1 aromatic carbocycles. The maximum Gasteiger partial charge on any atom is 0.255 e. The highest BCUT2D eigenvalue weighted by Gasteiger charge is 2.04. The molecule has 2 rings (SSSR count). The maximum atomic E-state index is 11.8. The Morgan fingerprint density at radius 2 is 1.95 bits per heavy atom. The van der Waals surface area contributed by atoms with Gasteiger partial charge < -0.3 is 14.6 Å². The Morgan fingerprint density at radius 1 is 1.18 bits per heavy atom. The molecule has 0 radical (unpaired) electrons. The fraction of sp³-hybridized carbons (Fsp3) is 0.294. The standard InChI is InChI=1S/C17H20N2O3/c1-19-11-5-7-14(17(19)21)13-18-16(20)10-6-12-22-15-8-3-2-4-9-15/h2-5,7-9,11H,6,10,12-13H2,1H3,(H,18,20). The molecule has 22 heavy (non-hydrogen) atoms. The molecule has 1 aromatic heterocycles. The molecule has 5 nitrogen and oxygen atoms in total. The fourth-order valence-electron chi connectivity index (χ4n) is 2.01. The van der Waals surface area contributed by atoms with Crippen LogP contribution in [0, 0.1) is 0 Å². The summed E-state index contributed by atoms with van der Waals surface area (Å²) in [5, 5.41) is 2.76. The minimum Gasteiger partial charge on any atom is -0.494 e. The normalized spacial score (nSPS) is 10.2. The van der Waals surface area contributed by atoms with Crippen LogP contribution in [-0.2, 0) is 18.4 Å². The van der Waals surface area contributed by atoms with Crippen LogP contribution >= 0.6 is 0 Å². The van der Waals surface area contributed by atoms with Crippen molar-refractivity contribution in [2.45, 2.75) is 19.4 Å². The van der Waals surface area contributed by atoms with Gasteiger partial charge in [0.2, 0.25) is 5.91 Å². The van der Waals surface area contributed by atoms with E-state index in [2.05, 4.69) is 5.32 Å². The third kappa shape index (κ3) is 4.77. The Kier molecular flexibility index (Phi) is 5.77. The quantitative estimate of drug-likeness (QED) is 0.794. The molecule has 0 spiro atoms. The smallest absolute Gasteiger partial charge is 0.255 e. The zero-order chi connectivity index (χ0) is 15.8. The zero-order valence-corrected chi connectivity index (χ0v) is 12.6. The highest BCUT2D eigenvalue weighted by Crippen LogP contribution is 2.08. The summed E-state index contributed by atoms with van der Waals surface area (Å²) in [7, 11) is 1.69. The predicted octanol–water partition coefficient (Wildman–Crippen LogP) is 1.86. The first kappa shape index (κ1) is 15.8. The summed E-state index contributed by atoms with van der Waals surface area (Å²) in [6.45, 7) is 0.746. The number of hydrogen-bond acceptors (Lipinski definition) is 3. The van der Waals surface area contributed by atoms with Gasteiger partial charge in [-0.05, 0) is 24.6 Å². The molecule has 1 N–H and O–H groups in total. The van der Waals surface area contributed by atoms with E-state index in [0.717, 1.165) is 5.75 Å². The van der Waals surface area contributed by atoms with Gasteiger partial charge >= 0.3 is 0 Å². The largest absolute Gasteiger partial charge is 0.494 e. The Balaban J connectivity index is 1.68. The van der Waals surface area contributed by atoms with Gasteiger partial charge in [-0.25, -0.2) is 0 Å². The van der Waals surface area contributed by atoms with E-state index >= 15 is 0 Å². The summed E-state index contributed by atoms with van der Waals surface area (Å²) in [5.41, 5.74) is 0.495. The number of carbonyl (C=O) groups excluding carboxylic acids is 1. The molecule has 1 amide bonds. The molecule has 0 atom stereocenters. The molecular weight excluding hydrogens is 280 g/mol. The number of para-hydroxylation sites is 1. The second-order valence-electron chi connectivity index (χ2n) is 4.99. The van der Waals surface area contributed by atoms with Gasteiger partial charge in [-0.2, -0.15) is 0 Å². The summed E-state index contributed by atoms with van der Waals surface area (Å²) < 4.78 is 7.02. The Labute approximate surface area is 129 Å². The Morgan fingerprint density at radius 3 is 2.73 bits per heavy atom. The minimum absolute atomic E-state index is 0.0810. The number of nitrogens with zero attached hydrogens (tertiary/aromatic N) is 1. The first-order valence-electron chi connectivity index (χ1n) is 7.26. The van der Waals surface area contributed by atoms with Crippen molar-refractivity contribution in [3.05, 3.63) is 64.6 Å². The molecular formula is C17H20N2O3. The molecule has 0 unspecified atom stereocenters. The summed E-state index contributed by atoms with van der Waals surface area (Å²) in [6, 6.07) is 13.0. The number of amides is 1. The van der Waals surface area contributed by atoms with Crippen LogP contribution < -0.4 is 15.6 Å². The van der Waals surface area contributed by atoms with Crippen molar-refractivity contribution in [2.75, 3.05) is 6.61 Å². The predicted molar refractivity (Wildman–Crippen MR) is 84.7 cm³/mol. The van der Waals surface area contributed by atoms with Crippen LogP contribution in [0.3, 0.4) is 0 Å². The van der Waals surface area contributed by atoms with Crippen LogP contribution in [0.25, 0.3) is 0 Å². The van der Waals surface area contributed by atoms with Crippen LogP contribution in [0.2, 0.25) is 0 Å². The van der Waals surface area contributed by atoms with Crippen molar-refractivity contribution in [2.24, 2.45) is 7.05 Å². The van der Waals surface area contributed by atoms with Crippen molar-refractivity contribution in [1.82, 2.24) is 9.88 Å². The molecule has 0 aliphatic heterocycles. The molecule has 0 fully saturated rings. The van der Waals surface area contributed by atoms with E-state index in [1.54, 1.807) is 25.4 Å². The second-order valence-corrected chi connectivity index (χ2v) is 4.99. The second kappa shape index (κ2) is 8.02. The number of aryl methyl sites for hydroxylation is 1. The number of pyridine rings is 1. The van der Waals surface area contributed by atoms with Gasteiger partial charge in [-0.1, -0.05) is 24.3 Å². The average Bonchev–Trinajstić information content (AvgIpc) is 2.54. The average molecular weight is 300 g/mol. The van der Waals surface area contributed by atoms with E-state index in [-0.39, 0.29) is 18.0 Å². The van der Waals surface area contributed by atoms with Gasteiger partial charge in [0.05, 0.1) is 6.61 Å². The fourth-order valence-corrected chi connectivity index (χ4v) is 2.01. The summed E-state index contributed by atoms with van der Waals surface area (Å²) in [6.07, 6.45) is 2.70. The van der Waals surface area contributed by atoms with Gasteiger partial charge in [-0.15, -0.1) is 0 Å². The SMILES string of the molecule is Cn1cccc(CNC(=O)CCCOc2ccccc2)c1=O. The third-order valence-electron chi connectivity index (χ3n) is 3.24. The van der Waals surface area contributed by atoms with E-state index in [1.165, 1.54) is 4.57 Å². The summed E-state index contributed by atoms with van der Waals surface area (Å²) in [5.74, 6) is 0.721. The van der Waals surface area contributed by atoms with Crippen LogP contribution in [-0.4, -0.2) is 17.1 Å².